The maximum Gasteiger partial charge on any atom is 0.318 e. The zero-order chi connectivity index (χ0) is 11.5. The van der Waals surface area contributed by atoms with Crippen molar-refractivity contribution in [1.82, 2.24) is 4.98 Å². The van der Waals surface area contributed by atoms with Crippen molar-refractivity contribution in [2.24, 2.45) is 0 Å². The van der Waals surface area contributed by atoms with Crippen molar-refractivity contribution in [3.63, 3.8) is 0 Å². The van der Waals surface area contributed by atoms with Crippen LogP contribution >= 0.6 is 11.3 Å². The average Bonchev–Trinajstić information content (AvgIpc) is 2.74. The molecule has 0 aliphatic rings. The van der Waals surface area contributed by atoms with E-state index >= 15 is 0 Å². The first kappa shape index (κ1) is 10.8. The van der Waals surface area contributed by atoms with Crippen LogP contribution in [-0.4, -0.2) is 16.1 Å². The molecule has 0 aliphatic carbocycles. The number of carboxylic acids is 1. The average molecular weight is 233 g/mol. The van der Waals surface area contributed by atoms with Crippen molar-refractivity contribution in [2.75, 3.05) is 0 Å². The van der Waals surface area contributed by atoms with Crippen molar-refractivity contribution in [2.45, 2.75) is 12.8 Å². The van der Waals surface area contributed by atoms with Crippen LogP contribution in [0.25, 0.3) is 0 Å². The zero-order valence-corrected chi connectivity index (χ0v) is 9.57. The summed E-state index contributed by atoms with van der Waals surface area (Å²) in [6.45, 7) is 1.92. The highest BCUT2D eigenvalue weighted by molar-refractivity contribution is 7.09. The van der Waals surface area contributed by atoms with E-state index in [0.717, 1.165) is 11.1 Å². The van der Waals surface area contributed by atoms with Gasteiger partial charge >= 0.3 is 5.97 Å². The van der Waals surface area contributed by atoms with Crippen LogP contribution < -0.4 is 0 Å². The molecule has 1 N–H and O–H groups in total. The lowest BCUT2D eigenvalue weighted by Crippen LogP contribution is -2.13. The minimum absolute atomic E-state index is 0.627. The molecular formula is C12H11NO2S. The number of benzene rings is 1. The van der Waals surface area contributed by atoms with Gasteiger partial charge in [0.1, 0.15) is 10.9 Å². The number of aliphatic carboxylic acids is 1. The zero-order valence-electron chi connectivity index (χ0n) is 8.75. The summed E-state index contributed by atoms with van der Waals surface area (Å²) >= 11 is 1.37. The highest BCUT2D eigenvalue weighted by atomic mass is 32.1. The molecule has 3 nitrogen and oxygen atoms in total. The molecule has 82 valence electrons. The number of aromatic nitrogens is 1. The second-order valence-corrected chi connectivity index (χ2v) is 4.42. The predicted octanol–water partition coefficient (Wildman–Crippen LogP) is 2.67. The monoisotopic (exact) mass is 233 g/mol. The molecular weight excluding hydrogens is 222 g/mol. The molecule has 1 atom stereocenters. The lowest BCUT2D eigenvalue weighted by molar-refractivity contribution is -0.137. The Morgan fingerprint density at radius 1 is 1.44 bits per heavy atom. The largest absolute Gasteiger partial charge is 0.480 e. The SMILES string of the molecule is Cc1ccccc1C(C(=O)O)c1nccs1. The number of rotatable bonds is 3. The Labute approximate surface area is 97.4 Å². The van der Waals surface area contributed by atoms with E-state index in [1.54, 1.807) is 11.6 Å². The minimum Gasteiger partial charge on any atom is -0.480 e. The van der Waals surface area contributed by atoms with E-state index in [1.165, 1.54) is 11.3 Å². The van der Waals surface area contributed by atoms with Crippen molar-refractivity contribution in [3.8, 4) is 0 Å². The molecule has 0 amide bonds. The number of aryl methyl sites for hydroxylation is 1. The molecule has 0 saturated carbocycles. The van der Waals surface area contributed by atoms with E-state index in [4.69, 9.17) is 0 Å². The topological polar surface area (TPSA) is 50.2 Å². The van der Waals surface area contributed by atoms with Crippen molar-refractivity contribution in [1.29, 1.82) is 0 Å². The lowest BCUT2D eigenvalue weighted by atomic mass is 9.95. The van der Waals surface area contributed by atoms with Crippen LogP contribution in [0.3, 0.4) is 0 Å². The molecule has 0 spiro atoms. The Kier molecular flexibility index (Phi) is 3.01. The molecule has 0 fully saturated rings. The number of hydrogen-bond donors (Lipinski definition) is 1. The summed E-state index contributed by atoms with van der Waals surface area (Å²) in [6, 6.07) is 7.51. The van der Waals surface area contributed by atoms with Crippen molar-refractivity contribution >= 4 is 17.3 Å². The van der Waals surface area contributed by atoms with Crippen molar-refractivity contribution < 1.29 is 9.90 Å². The molecule has 2 aromatic rings. The van der Waals surface area contributed by atoms with Crippen LogP contribution in [0.5, 0.6) is 0 Å². The second kappa shape index (κ2) is 4.45. The van der Waals surface area contributed by atoms with Gasteiger partial charge in [0, 0.05) is 11.6 Å². The first-order valence-electron chi connectivity index (χ1n) is 4.88. The van der Waals surface area contributed by atoms with Crippen LogP contribution in [0.1, 0.15) is 22.1 Å². The summed E-state index contributed by atoms with van der Waals surface area (Å²) in [6.07, 6.45) is 1.63. The number of nitrogens with zero attached hydrogens (tertiary/aromatic N) is 1. The summed E-state index contributed by atoms with van der Waals surface area (Å²) in [5, 5.41) is 11.7. The van der Waals surface area contributed by atoms with Gasteiger partial charge < -0.3 is 5.11 Å². The summed E-state index contributed by atoms with van der Waals surface area (Å²) in [4.78, 5) is 15.4. The van der Waals surface area contributed by atoms with E-state index in [1.807, 2.05) is 31.2 Å². The smallest absolute Gasteiger partial charge is 0.318 e. The Balaban J connectivity index is 2.50. The van der Waals surface area contributed by atoms with Gasteiger partial charge in [-0.05, 0) is 18.1 Å². The Morgan fingerprint density at radius 2 is 2.19 bits per heavy atom. The molecule has 16 heavy (non-hydrogen) atoms. The maximum atomic E-state index is 11.3. The fraction of sp³-hybridized carbons (Fsp3) is 0.167. The molecule has 0 bridgehead atoms. The lowest BCUT2D eigenvalue weighted by Gasteiger charge is -2.12. The van der Waals surface area contributed by atoms with Crippen LogP contribution in [0, 0.1) is 6.92 Å². The Morgan fingerprint density at radius 3 is 2.75 bits per heavy atom. The van der Waals surface area contributed by atoms with Crippen LogP contribution in [0.15, 0.2) is 35.8 Å². The van der Waals surface area contributed by atoms with Gasteiger partial charge in [-0.1, -0.05) is 24.3 Å². The molecule has 1 unspecified atom stereocenters. The third-order valence-corrected chi connectivity index (χ3v) is 3.29. The van der Waals surface area contributed by atoms with Crippen LogP contribution in [0.2, 0.25) is 0 Å². The highest BCUT2D eigenvalue weighted by Gasteiger charge is 2.25. The van der Waals surface area contributed by atoms with Crippen LogP contribution in [-0.2, 0) is 4.79 Å². The fourth-order valence-corrected chi connectivity index (χ4v) is 2.41. The third kappa shape index (κ3) is 1.97. The summed E-state index contributed by atoms with van der Waals surface area (Å²) in [7, 11) is 0. The van der Waals surface area contributed by atoms with E-state index in [2.05, 4.69) is 4.98 Å². The molecule has 1 aromatic carbocycles. The minimum atomic E-state index is -0.857. The Hall–Kier alpha value is -1.68. The van der Waals surface area contributed by atoms with E-state index in [0.29, 0.717) is 5.01 Å². The predicted molar refractivity (Wildman–Crippen MR) is 62.8 cm³/mol. The third-order valence-electron chi connectivity index (χ3n) is 2.44. The molecule has 1 heterocycles. The molecule has 0 aliphatic heterocycles. The van der Waals surface area contributed by atoms with Crippen molar-refractivity contribution in [3.05, 3.63) is 52.0 Å². The summed E-state index contributed by atoms with van der Waals surface area (Å²) in [5.41, 5.74) is 1.79. The summed E-state index contributed by atoms with van der Waals surface area (Å²) < 4.78 is 0. The van der Waals surface area contributed by atoms with Gasteiger partial charge in [0.05, 0.1) is 0 Å². The number of carboxylic acid groups (broad SMARTS) is 1. The van der Waals surface area contributed by atoms with Gasteiger partial charge in [-0.3, -0.25) is 4.79 Å². The van der Waals surface area contributed by atoms with E-state index in [9.17, 15) is 9.90 Å². The standard InChI is InChI=1S/C12H11NO2S/c1-8-4-2-3-5-9(8)10(12(14)15)11-13-6-7-16-11/h2-7,10H,1H3,(H,14,15). The quantitative estimate of drug-likeness (QED) is 0.886. The maximum absolute atomic E-state index is 11.3. The van der Waals surface area contributed by atoms with Gasteiger partial charge in [0.2, 0.25) is 0 Å². The number of carbonyl (C=O) groups is 1. The van der Waals surface area contributed by atoms with Gasteiger partial charge in [0.25, 0.3) is 0 Å². The molecule has 0 saturated heterocycles. The van der Waals surface area contributed by atoms with Gasteiger partial charge in [0.15, 0.2) is 0 Å². The normalized spacial score (nSPS) is 12.3. The molecule has 0 radical (unpaired) electrons. The Bertz CT molecular complexity index is 493. The van der Waals surface area contributed by atoms with Crippen LogP contribution in [0.4, 0.5) is 0 Å². The highest BCUT2D eigenvalue weighted by Crippen LogP contribution is 2.28. The molecule has 1 aromatic heterocycles. The second-order valence-electron chi connectivity index (χ2n) is 3.50. The first-order chi connectivity index (χ1) is 7.70. The summed E-state index contributed by atoms with van der Waals surface area (Å²) in [5.74, 6) is -1.51. The molecule has 4 heteroatoms. The fourth-order valence-electron chi connectivity index (χ4n) is 1.66. The number of hydrogen-bond acceptors (Lipinski definition) is 3. The first-order valence-corrected chi connectivity index (χ1v) is 5.76. The molecule has 2 rings (SSSR count). The van der Waals surface area contributed by atoms with Gasteiger partial charge in [-0.2, -0.15) is 0 Å². The number of thiazole rings is 1. The van der Waals surface area contributed by atoms with E-state index in [-0.39, 0.29) is 0 Å². The van der Waals surface area contributed by atoms with Gasteiger partial charge in [-0.25, -0.2) is 4.98 Å². The van der Waals surface area contributed by atoms with Gasteiger partial charge in [-0.15, -0.1) is 11.3 Å². The van der Waals surface area contributed by atoms with E-state index < -0.39 is 11.9 Å².